The number of nitrogens with one attached hydrogen (secondary N) is 1. The Labute approximate surface area is 149 Å². The fourth-order valence-electron chi connectivity index (χ4n) is 3.16. The van der Waals surface area contributed by atoms with Crippen LogP contribution in [-0.4, -0.2) is 34.4 Å². The van der Waals surface area contributed by atoms with Gasteiger partial charge in [-0.25, -0.2) is 0 Å². The summed E-state index contributed by atoms with van der Waals surface area (Å²) in [4.78, 5) is 37.3. The number of hydrazone groups is 1. The van der Waals surface area contributed by atoms with Gasteiger partial charge in [0, 0.05) is 26.0 Å². The molecule has 3 amide bonds. The number of anilines is 1. The second-order valence-corrected chi connectivity index (χ2v) is 7.02. The number of fused-ring (bicyclic) bond motifs is 2. The Balaban J connectivity index is 2.20. The van der Waals surface area contributed by atoms with Crippen molar-refractivity contribution in [1.82, 2.24) is 10.3 Å². The molecule has 1 aromatic carbocycles. The van der Waals surface area contributed by atoms with Crippen LogP contribution in [0.5, 0.6) is 0 Å². The SMILES string of the molecule is C=CCN1C(=O)[C@@]2(SC(NC(C)=O)=NN2C(C)=O)c2cccc(C)c21. The Morgan fingerprint density at radius 1 is 1.40 bits per heavy atom. The van der Waals surface area contributed by atoms with E-state index < -0.39 is 4.87 Å². The van der Waals surface area contributed by atoms with Crippen LogP contribution in [0.2, 0.25) is 0 Å². The minimum absolute atomic E-state index is 0.226. The highest BCUT2D eigenvalue weighted by molar-refractivity contribution is 8.15. The zero-order valence-corrected chi connectivity index (χ0v) is 15.0. The molecule has 0 saturated heterocycles. The smallest absolute Gasteiger partial charge is 0.271 e. The van der Waals surface area contributed by atoms with Crippen LogP contribution in [-0.2, 0) is 19.3 Å². The maximum absolute atomic E-state index is 13.4. The maximum atomic E-state index is 13.4. The first-order valence-corrected chi connectivity index (χ1v) is 8.53. The van der Waals surface area contributed by atoms with Crippen molar-refractivity contribution in [1.29, 1.82) is 0 Å². The summed E-state index contributed by atoms with van der Waals surface area (Å²) < 4.78 is 0. The van der Waals surface area contributed by atoms with Gasteiger partial charge < -0.3 is 10.2 Å². The molecule has 0 saturated carbocycles. The first kappa shape index (κ1) is 17.2. The number of amides is 3. The molecule has 2 aliphatic rings. The van der Waals surface area contributed by atoms with Crippen LogP contribution >= 0.6 is 11.8 Å². The van der Waals surface area contributed by atoms with E-state index in [4.69, 9.17) is 0 Å². The molecule has 8 heteroatoms. The molecule has 1 aromatic rings. The summed E-state index contributed by atoms with van der Waals surface area (Å²) in [7, 11) is 0. The zero-order valence-electron chi connectivity index (χ0n) is 14.2. The van der Waals surface area contributed by atoms with Gasteiger partial charge in [0.2, 0.25) is 16.7 Å². The van der Waals surface area contributed by atoms with Crippen molar-refractivity contribution in [3.05, 3.63) is 42.0 Å². The molecule has 0 bridgehead atoms. The molecule has 7 nitrogen and oxygen atoms in total. The van der Waals surface area contributed by atoms with Crippen molar-refractivity contribution in [2.75, 3.05) is 11.4 Å². The number of hydrogen-bond donors (Lipinski definition) is 1. The van der Waals surface area contributed by atoms with E-state index >= 15 is 0 Å². The second kappa shape index (κ2) is 6.03. The van der Waals surface area contributed by atoms with Crippen molar-refractivity contribution in [3.63, 3.8) is 0 Å². The summed E-state index contributed by atoms with van der Waals surface area (Å²) in [5.41, 5.74) is 2.36. The number of hydrogen-bond acceptors (Lipinski definition) is 5. The van der Waals surface area contributed by atoms with Gasteiger partial charge in [0.25, 0.3) is 5.91 Å². The molecule has 1 spiro atoms. The molecule has 1 N–H and O–H groups in total. The summed E-state index contributed by atoms with van der Waals surface area (Å²) in [5, 5.41) is 8.16. The van der Waals surface area contributed by atoms with Crippen molar-refractivity contribution < 1.29 is 14.4 Å². The molecule has 2 aliphatic heterocycles. The van der Waals surface area contributed by atoms with Crippen LogP contribution in [0, 0.1) is 6.92 Å². The third-order valence-electron chi connectivity index (χ3n) is 4.03. The molecule has 0 aliphatic carbocycles. The Morgan fingerprint density at radius 2 is 2.12 bits per heavy atom. The first-order chi connectivity index (χ1) is 11.8. The molecule has 0 unspecified atom stereocenters. The lowest BCUT2D eigenvalue weighted by Crippen LogP contribution is -2.48. The molecule has 3 rings (SSSR count). The van der Waals surface area contributed by atoms with Crippen LogP contribution in [0.15, 0.2) is 36.0 Å². The Morgan fingerprint density at radius 3 is 2.72 bits per heavy atom. The van der Waals surface area contributed by atoms with E-state index in [9.17, 15) is 14.4 Å². The average Bonchev–Trinajstić information content (AvgIpc) is 3.01. The predicted octanol–water partition coefficient (Wildman–Crippen LogP) is 1.68. The van der Waals surface area contributed by atoms with Crippen LogP contribution in [0.25, 0.3) is 0 Å². The third kappa shape index (κ3) is 2.44. The van der Waals surface area contributed by atoms with Crippen LogP contribution in [0.4, 0.5) is 5.69 Å². The Kier molecular flexibility index (Phi) is 4.16. The summed E-state index contributed by atoms with van der Waals surface area (Å²) in [5.74, 6) is -0.972. The number of para-hydroxylation sites is 1. The number of nitrogens with zero attached hydrogens (tertiary/aromatic N) is 3. The molecule has 0 radical (unpaired) electrons. The van der Waals surface area contributed by atoms with Gasteiger partial charge >= 0.3 is 0 Å². The number of thioether (sulfide) groups is 1. The van der Waals surface area contributed by atoms with Gasteiger partial charge in [-0.05, 0) is 24.2 Å². The van der Waals surface area contributed by atoms with Gasteiger partial charge in [0.05, 0.1) is 5.69 Å². The van der Waals surface area contributed by atoms with Gasteiger partial charge in [-0.3, -0.25) is 14.4 Å². The highest BCUT2D eigenvalue weighted by Crippen LogP contribution is 2.55. The largest absolute Gasteiger partial charge is 0.305 e. The molecular weight excluding hydrogens is 340 g/mol. The summed E-state index contributed by atoms with van der Waals surface area (Å²) in [6.07, 6.45) is 1.64. The van der Waals surface area contributed by atoms with E-state index in [2.05, 4.69) is 17.0 Å². The van der Waals surface area contributed by atoms with E-state index in [0.29, 0.717) is 12.1 Å². The van der Waals surface area contributed by atoms with Gasteiger partial charge in [0.15, 0.2) is 5.17 Å². The van der Waals surface area contributed by atoms with Gasteiger partial charge in [-0.15, -0.1) is 11.7 Å². The van der Waals surface area contributed by atoms with E-state index in [-0.39, 0.29) is 22.9 Å². The number of aryl methyl sites for hydroxylation is 1. The number of benzene rings is 1. The fraction of sp³-hybridized carbons (Fsp3) is 0.294. The normalized spacial score (nSPS) is 21.4. The summed E-state index contributed by atoms with van der Waals surface area (Å²) in [6.45, 7) is 8.65. The third-order valence-corrected chi connectivity index (χ3v) is 5.27. The number of carbonyl (C=O) groups is 3. The minimum Gasteiger partial charge on any atom is -0.305 e. The lowest BCUT2D eigenvalue weighted by Gasteiger charge is -2.29. The van der Waals surface area contributed by atoms with Crippen molar-refractivity contribution in [2.24, 2.45) is 5.10 Å². The standard InChI is InChI=1S/C17H18N4O3S/c1-5-9-20-14-10(2)7-6-8-13(14)17(15(20)24)21(12(4)23)19-16(25-17)18-11(3)22/h5-8H,1,9H2,2-4H3,(H,18,19,22)/t17-/m0/s1. The van der Waals surface area contributed by atoms with Gasteiger partial charge in [0.1, 0.15) is 0 Å². The van der Waals surface area contributed by atoms with Crippen LogP contribution in [0.3, 0.4) is 0 Å². The highest BCUT2D eigenvalue weighted by Gasteiger charge is 2.61. The van der Waals surface area contributed by atoms with E-state index in [1.165, 1.54) is 13.8 Å². The number of amidine groups is 1. The molecular formula is C17H18N4O3S. The molecule has 0 fully saturated rings. The number of rotatable bonds is 2. The topological polar surface area (TPSA) is 82.1 Å². The average molecular weight is 358 g/mol. The summed E-state index contributed by atoms with van der Waals surface area (Å²) in [6, 6.07) is 5.57. The van der Waals surface area contributed by atoms with Crippen molar-refractivity contribution in [3.8, 4) is 0 Å². The Bertz CT molecular complexity index is 835. The molecule has 130 valence electrons. The van der Waals surface area contributed by atoms with Gasteiger partial charge in [-0.1, -0.05) is 24.3 Å². The van der Waals surface area contributed by atoms with E-state index in [0.717, 1.165) is 28.0 Å². The molecule has 2 heterocycles. The van der Waals surface area contributed by atoms with Crippen LogP contribution in [0.1, 0.15) is 25.0 Å². The Hall–Kier alpha value is -2.61. The highest BCUT2D eigenvalue weighted by atomic mass is 32.2. The van der Waals surface area contributed by atoms with E-state index in [1.54, 1.807) is 11.0 Å². The van der Waals surface area contributed by atoms with Gasteiger partial charge in [-0.2, -0.15) is 5.01 Å². The minimum atomic E-state index is -1.34. The molecule has 0 aromatic heterocycles. The molecule has 25 heavy (non-hydrogen) atoms. The van der Waals surface area contributed by atoms with Crippen molar-refractivity contribution in [2.45, 2.75) is 25.6 Å². The van der Waals surface area contributed by atoms with Crippen molar-refractivity contribution >= 4 is 40.3 Å². The number of carbonyl (C=O) groups excluding carboxylic acids is 3. The molecule has 1 atom stereocenters. The summed E-state index contributed by atoms with van der Waals surface area (Å²) >= 11 is 1.07. The quantitative estimate of drug-likeness (QED) is 0.816. The van der Waals surface area contributed by atoms with Crippen LogP contribution < -0.4 is 10.2 Å². The first-order valence-electron chi connectivity index (χ1n) is 7.72. The lowest BCUT2D eigenvalue weighted by atomic mass is 10.0. The predicted molar refractivity (Wildman–Crippen MR) is 96.8 cm³/mol. The lowest BCUT2D eigenvalue weighted by molar-refractivity contribution is -0.139. The zero-order chi connectivity index (χ0) is 18.4. The monoisotopic (exact) mass is 358 g/mol. The fourth-order valence-corrected chi connectivity index (χ4v) is 4.48. The maximum Gasteiger partial charge on any atom is 0.271 e. The van der Waals surface area contributed by atoms with E-state index in [1.807, 2.05) is 25.1 Å². The second-order valence-electron chi connectivity index (χ2n) is 5.84.